The molecule has 1 saturated heterocycles. The van der Waals surface area contributed by atoms with Gasteiger partial charge in [-0.05, 0) is 37.1 Å². The first-order valence-electron chi connectivity index (χ1n) is 5.87. The number of amides is 1. The van der Waals surface area contributed by atoms with Crippen molar-refractivity contribution in [1.29, 1.82) is 0 Å². The van der Waals surface area contributed by atoms with Crippen LogP contribution in [0.15, 0.2) is 24.3 Å². The minimum Gasteiger partial charge on any atom is -0.332 e. The van der Waals surface area contributed by atoms with Gasteiger partial charge in [0.05, 0.1) is 5.69 Å². The average Bonchev–Trinajstić information content (AvgIpc) is 2.63. The molecule has 0 N–H and O–H groups in total. The van der Waals surface area contributed by atoms with E-state index in [2.05, 4.69) is 0 Å². The Morgan fingerprint density at radius 3 is 2.17 bits per heavy atom. The number of anilines is 1. The van der Waals surface area contributed by atoms with Crippen molar-refractivity contribution in [1.82, 2.24) is 0 Å². The fourth-order valence-electron chi connectivity index (χ4n) is 2.08. The fraction of sp³-hybridized carbons (Fsp3) is 0.385. The van der Waals surface area contributed by atoms with Crippen molar-refractivity contribution in [3.63, 3.8) is 0 Å². The number of carbonyl (C=O) groups is 2. The van der Waals surface area contributed by atoms with Gasteiger partial charge < -0.3 is 4.84 Å². The molecular formula is C13H14ClNO3. The monoisotopic (exact) mass is 267 g/mol. The van der Waals surface area contributed by atoms with E-state index in [4.69, 9.17) is 16.4 Å². The Kier molecular flexibility index (Phi) is 3.30. The van der Waals surface area contributed by atoms with E-state index >= 15 is 0 Å². The van der Waals surface area contributed by atoms with Crippen LogP contribution < -0.4 is 5.06 Å². The molecule has 0 atom stereocenters. The standard InChI is InChI=1S/C13H14ClNO3/c1-3-13(4-2)11(16)15(18-12(13)17)10-7-5-9(14)6-8-10/h5-8H,3-4H2,1-2H3. The second-order valence-electron chi connectivity index (χ2n) is 4.24. The Morgan fingerprint density at radius 1 is 1.17 bits per heavy atom. The van der Waals surface area contributed by atoms with E-state index in [1.165, 1.54) is 0 Å². The molecule has 1 aliphatic heterocycles. The normalized spacial score (nSPS) is 18.1. The number of hydroxylamine groups is 1. The van der Waals surface area contributed by atoms with Gasteiger partial charge in [-0.1, -0.05) is 25.4 Å². The number of hydrogen-bond acceptors (Lipinski definition) is 3. The van der Waals surface area contributed by atoms with E-state index in [0.717, 1.165) is 5.06 Å². The molecular weight excluding hydrogens is 254 g/mol. The summed E-state index contributed by atoms with van der Waals surface area (Å²) in [6, 6.07) is 6.59. The summed E-state index contributed by atoms with van der Waals surface area (Å²) in [6.07, 6.45) is 0.872. The van der Waals surface area contributed by atoms with Crippen LogP contribution in [-0.2, 0) is 14.4 Å². The van der Waals surface area contributed by atoms with Crippen LogP contribution in [0.4, 0.5) is 5.69 Å². The molecule has 1 aromatic rings. The predicted octanol–water partition coefficient (Wildman–Crippen LogP) is 2.95. The molecule has 1 aromatic carbocycles. The maximum absolute atomic E-state index is 12.3. The summed E-state index contributed by atoms with van der Waals surface area (Å²) in [6.45, 7) is 3.63. The average molecular weight is 268 g/mol. The molecule has 2 rings (SSSR count). The lowest BCUT2D eigenvalue weighted by atomic mass is 9.82. The van der Waals surface area contributed by atoms with Crippen LogP contribution in [0.3, 0.4) is 0 Å². The first-order valence-corrected chi connectivity index (χ1v) is 6.25. The number of benzene rings is 1. The summed E-state index contributed by atoms with van der Waals surface area (Å²) < 4.78 is 0. The van der Waals surface area contributed by atoms with Crippen molar-refractivity contribution in [3.8, 4) is 0 Å². The molecule has 0 spiro atoms. The first-order chi connectivity index (χ1) is 8.55. The van der Waals surface area contributed by atoms with Crippen molar-refractivity contribution in [2.24, 2.45) is 5.41 Å². The zero-order chi connectivity index (χ0) is 13.3. The molecule has 1 heterocycles. The first kappa shape index (κ1) is 12.9. The molecule has 0 aromatic heterocycles. The van der Waals surface area contributed by atoms with Crippen LogP contribution in [0, 0.1) is 5.41 Å². The van der Waals surface area contributed by atoms with Gasteiger partial charge in [-0.25, -0.2) is 4.79 Å². The van der Waals surface area contributed by atoms with Crippen LogP contribution in [-0.4, -0.2) is 11.9 Å². The Balaban J connectivity index is 2.36. The molecule has 1 amide bonds. The number of rotatable bonds is 3. The number of nitrogens with zero attached hydrogens (tertiary/aromatic N) is 1. The van der Waals surface area contributed by atoms with Gasteiger partial charge in [0.2, 0.25) is 0 Å². The van der Waals surface area contributed by atoms with Crippen LogP contribution in [0.25, 0.3) is 0 Å². The SMILES string of the molecule is CCC1(CC)C(=O)ON(c2ccc(Cl)cc2)C1=O. The fourth-order valence-corrected chi connectivity index (χ4v) is 2.21. The minimum atomic E-state index is -1.04. The molecule has 96 valence electrons. The highest BCUT2D eigenvalue weighted by molar-refractivity contribution is 6.30. The van der Waals surface area contributed by atoms with Crippen molar-refractivity contribution in [3.05, 3.63) is 29.3 Å². The van der Waals surface area contributed by atoms with E-state index in [0.29, 0.717) is 23.6 Å². The van der Waals surface area contributed by atoms with Crippen molar-refractivity contribution in [2.45, 2.75) is 26.7 Å². The third-order valence-corrected chi connectivity index (χ3v) is 3.68. The topological polar surface area (TPSA) is 46.6 Å². The molecule has 0 aliphatic carbocycles. The lowest BCUT2D eigenvalue weighted by molar-refractivity contribution is -0.147. The molecule has 5 heteroatoms. The highest BCUT2D eigenvalue weighted by Gasteiger charge is 2.54. The molecule has 1 aliphatic rings. The van der Waals surface area contributed by atoms with Gasteiger partial charge >= 0.3 is 5.97 Å². The smallest absolute Gasteiger partial charge is 0.332 e. The zero-order valence-corrected chi connectivity index (χ0v) is 11.0. The molecule has 0 radical (unpaired) electrons. The van der Waals surface area contributed by atoms with Crippen molar-refractivity contribution < 1.29 is 14.4 Å². The maximum Gasteiger partial charge on any atom is 0.348 e. The maximum atomic E-state index is 12.3. The third-order valence-electron chi connectivity index (χ3n) is 3.43. The summed E-state index contributed by atoms with van der Waals surface area (Å²) >= 11 is 5.78. The van der Waals surface area contributed by atoms with Crippen LogP contribution in [0.1, 0.15) is 26.7 Å². The summed E-state index contributed by atoms with van der Waals surface area (Å²) in [7, 11) is 0. The third kappa shape index (κ3) is 1.77. The number of carbonyl (C=O) groups excluding carboxylic acids is 2. The largest absolute Gasteiger partial charge is 0.348 e. The van der Waals surface area contributed by atoms with E-state index in [1.54, 1.807) is 24.3 Å². The van der Waals surface area contributed by atoms with E-state index in [1.807, 2.05) is 13.8 Å². The number of hydrogen-bond donors (Lipinski definition) is 0. The minimum absolute atomic E-state index is 0.306. The highest BCUT2D eigenvalue weighted by Crippen LogP contribution is 2.38. The summed E-state index contributed by atoms with van der Waals surface area (Å²) in [5.74, 6) is -0.785. The van der Waals surface area contributed by atoms with Gasteiger partial charge in [0.1, 0.15) is 0 Å². The summed E-state index contributed by atoms with van der Waals surface area (Å²) in [4.78, 5) is 29.3. The second kappa shape index (κ2) is 4.61. The van der Waals surface area contributed by atoms with Gasteiger partial charge in [-0.15, -0.1) is 5.06 Å². The Morgan fingerprint density at radius 2 is 1.72 bits per heavy atom. The van der Waals surface area contributed by atoms with Gasteiger partial charge in [-0.3, -0.25) is 4.79 Å². The van der Waals surface area contributed by atoms with Crippen LogP contribution in [0.2, 0.25) is 5.02 Å². The van der Waals surface area contributed by atoms with Gasteiger partial charge in [0.25, 0.3) is 5.91 Å². The summed E-state index contributed by atoms with van der Waals surface area (Å²) in [5, 5.41) is 1.63. The number of halogens is 1. The van der Waals surface area contributed by atoms with Crippen molar-refractivity contribution in [2.75, 3.05) is 5.06 Å². The molecule has 1 fully saturated rings. The quantitative estimate of drug-likeness (QED) is 0.791. The van der Waals surface area contributed by atoms with Gasteiger partial charge in [-0.2, -0.15) is 0 Å². The molecule has 0 bridgehead atoms. The molecule has 18 heavy (non-hydrogen) atoms. The second-order valence-corrected chi connectivity index (χ2v) is 4.68. The van der Waals surface area contributed by atoms with E-state index in [-0.39, 0.29) is 5.91 Å². The Hall–Kier alpha value is -1.55. The Labute approximate surface area is 110 Å². The van der Waals surface area contributed by atoms with Gasteiger partial charge in [0, 0.05) is 5.02 Å². The molecule has 4 nitrogen and oxygen atoms in total. The van der Waals surface area contributed by atoms with Gasteiger partial charge in [0.15, 0.2) is 5.41 Å². The summed E-state index contributed by atoms with van der Waals surface area (Å²) in [5.41, 5.74) is -0.527. The zero-order valence-electron chi connectivity index (χ0n) is 10.3. The molecule has 0 saturated carbocycles. The lowest BCUT2D eigenvalue weighted by Crippen LogP contribution is -2.35. The van der Waals surface area contributed by atoms with Crippen molar-refractivity contribution >= 4 is 29.2 Å². The lowest BCUT2D eigenvalue weighted by Gasteiger charge is -2.18. The van der Waals surface area contributed by atoms with E-state index < -0.39 is 11.4 Å². The molecule has 0 unspecified atom stereocenters. The van der Waals surface area contributed by atoms with E-state index in [9.17, 15) is 9.59 Å². The Bertz CT molecular complexity index is 480. The predicted molar refractivity (Wildman–Crippen MR) is 68.0 cm³/mol. The van der Waals surface area contributed by atoms with Crippen LogP contribution in [0.5, 0.6) is 0 Å². The van der Waals surface area contributed by atoms with Crippen LogP contribution >= 0.6 is 11.6 Å². The highest BCUT2D eigenvalue weighted by atomic mass is 35.5.